The Kier molecular flexibility index (Phi) is 32.6. The van der Waals surface area contributed by atoms with Gasteiger partial charge in [0.25, 0.3) is 0 Å². The summed E-state index contributed by atoms with van der Waals surface area (Å²) in [6.45, 7) is 4.12. The fraction of sp³-hybridized carbons (Fsp3) is 0.900. The van der Waals surface area contributed by atoms with Crippen molar-refractivity contribution in [2.75, 3.05) is 0 Å². The molecule has 1 unspecified atom stereocenters. The number of carbonyl (C=O) groups excluding carboxylic acids is 2. The second-order valence-corrected chi connectivity index (χ2v) is 9.13. The maximum Gasteiger partial charge on any atom is 1.00 e. The van der Waals surface area contributed by atoms with Crippen molar-refractivity contribution in [3.8, 4) is 0 Å². The molecule has 0 amide bonds. The molecule has 0 spiro atoms. The van der Waals surface area contributed by atoms with E-state index in [4.69, 9.17) is 0 Å². The second kappa shape index (κ2) is 24.1. The monoisotopic (exact) mass is 536 g/mol. The van der Waals surface area contributed by atoms with Gasteiger partial charge in [-0.1, -0.05) is 90.9 Å². The summed E-state index contributed by atoms with van der Waals surface area (Å²) >= 11 is 0. The molecule has 0 fully saturated rings. The van der Waals surface area contributed by atoms with Gasteiger partial charge in [-0.25, -0.2) is 8.42 Å². The summed E-state index contributed by atoms with van der Waals surface area (Å²) in [7, 11) is -5.40. The van der Waals surface area contributed by atoms with Crippen LogP contribution in [0.3, 0.4) is 0 Å². The van der Waals surface area contributed by atoms with Crippen molar-refractivity contribution in [1.29, 1.82) is 0 Å². The number of rotatable bonds is 18. The summed E-state index contributed by atoms with van der Waals surface area (Å²) in [5.74, 6) is -3.94. The van der Waals surface area contributed by atoms with Crippen molar-refractivity contribution in [3.63, 3.8) is 0 Å². The Morgan fingerprint density at radius 3 is 1.29 bits per heavy atom. The minimum atomic E-state index is -5.40. The predicted molar refractivity (Wildman–Crippen MR) is 102 cm³/mol. The topological polar surface area (TPSA) is 137 Å². The number of hydrogen-bond donors (Lipinski definition) is 0. The molecule has 0 aliphatic rings. The summed E-state index contributed by atoms with van der Waals surface area (Å²) in [5, 5.41) is 20.8. The third-order valence-corrected chi connectivity index (χ3v) is 6.59. The average molecular weight is 537 g/mol. The quantitative estimate of drug-likeness (QED) is 0.0964. The Balaban J connectivity index is -0.00000121. The van der Waals surface area contributed by atoms with Gasteiger partial charge in [-0.05, 0) is 12.8 Å². The van der Waals surface area contributed by atoms with Gasteiger partial charge in [-0.15, -0.1) is 0 Å². The van der Waals surface area contributed by atoms with Gasteiger partial charge in [0.15, 0.2) is 0 Å². The van der Waals surface area contributed by atoms with E-state index < -0.39 is 32.7 Å². The first-order valence-corrected chi connectivity index (χ1v) is 12.0. The maximum atomic E-state index is 11.9. The zero-order chi connectivity index (χ0) is 21.6. The fourth-order valence-corrected chi connectivity index (χ4v) is 4.88. The molecule has 1 atom stereocenters. The molecular formula is C20H35K3O7S. The van der Waals surface area contributed by atoms with E-state index in [0.29, 0.717) is 25.7 Å². The van der Waals surface area contributed by atoms with E-state index in [0.717, 1.165) is 51.4 Å². The van der Waals surface area contributed by atoms with E-state index in [1.165, 1.54) is 0 Å². The summed E-state index contributed by atoms with van der Waals surface area (Å²) in [6, 6.07) is 0. The van der Waals surface area contributed by atoms with E-state index in [9.17, 15) is 32.8 Å². The minimum Gasteiger partial charge on any atom is -0.747 e. The van der Waals surface area contributed by atoms with Gasteiger partial charge >= 0.3 is 154 Å². The minimum absolute atomic E-state index is 0. The smallest absolute Gasteiger partial charge is 0.747 e. The van der Waals surface area contributed by atoms with Crippen molar-refractivity contribution in [3.05, 3.63) is 0 Å². The number of carboxylic acid groups (broad SMARTS) is 2. The molecule has 7 nitrogen and oxygen atoms in total. The summed E-state index contributed by atoms with van der Waals surface area (Å²) in [6.07, 6.45) is 9.31. The van der Waals surface area contributed by atoms with Gasteiger partial charge in [-0.3, -0.25) is 0 Å². The molecule has 0 aromatic rings. The standard InChI is InChI=1S/C20H38O7S.3K/c1-3-5-7-9-11-13-15-20(19(23)24,16-14-12-10-8-6-4-2)17(18(21)22)28(25,26)27;;;/h17H,3-16H2,1-2H3,(H,21,22)(H,23,24)(H,25,26,27);;;/q;3*+1/p-3. The van der Waals surface area contributed by atoms with Gasteiger partial charge in [0.1, 0.15) is 10.1 Å². The zero-order valence-electron chi connectivity index (χ0n) is 20.2. The fourth-order valence-electron chi connectivity index (χ4n) is 3.76. The van der Waals surface area contributed by atoms with Crippen LogP contribution in [0.2, 0.25) is 0 Å². The third-order valence-electron chi connectivity index (χ3n) is 5.36. The van der Waals surface area contributed by atoms with Crippen LogP contribution in [-0.4, -0.2) is 30.2 Å². The van der Waals surface area contributed by atoms with Crippen molar-refractivity contribution in [2.45, 2.75) is 109 Å². The first-order valence-electron chi connectivity index (χ1n) is 10.5. The van der Waals surface area contributed by atoms with Crippen LogP contribution in [0.4, 0.5) is 0 Å². The van der Waals surface area contributed by atoms with Gasteiger partial charge in [-0.2, -0.15) is 0 Å². The van der Waals surface area contributed by atoms with Crippen LogP contribution in [0.15, 0.2) is 0 Å². The van der Waals surface area contributed by atoms with E-state index in [1.807, 2.05) is 0 Å². The molecular weight excluding hydrogens is 502 g/mol. The van der Waals surface area contributed by atoms with Crippen LogP contribution in [0, 0.1) is 5.41 Å². The predicted octanol–water partition coefficient (Wildman–Crippen LogP) is -7.10. The molecule has 0 aromatic heterocycles. The van der Waals surface area contributed by atoms with Crippen LogP contribution in [0.1, 0.15) is 104 Å². The Hall–Kier alpha value is 3.76. The molecule has 0 rings (SSSR count). The van der Waals surface area contributed by atoms with E-state index in [2.05, 4.69) is 13.8 Å². The first kappa shape index (κ1) is 41.9. The van der Waals surface area contributed by atoms with Gasteiger partial charge in [0, 0.05) is 11.4 Å². The molecule has 0 bridgehead atoms. The summed E-state index contributed by atoms with van der Waals surface area (Å²) < 4.78 is 34.8. The molecule has 0 aromatic carbocycles. The number of hydrogen-bond acceptors (Lipinski definition) is 7. The first-order chi connectivity index (χ1) is 13.1. The molecule has 0 aliphatic carbocycles. The van der Waals surface area contributed by atoms with Crippen molar-refractivity contribution in [1.82, 2.24) is 0 Å². The maximum absolute atomic E-state index is 11.9. The Bertz CT molecular complexity index is 555. The summed E-state index contributed by atoms with van der Waals surface area (Å²) in [4.78, 5) is 23.4. The molecule has 0 saturated heterocycles. The SMILES string of the molecule is CCCCCCCCC(CCCCCCCC)(C(=O)[O-])C(C(=O)[O-])S(=O)(=O)[O-].[K+].[K+].[K+]. The summed E-state index contributed by atoms with van der Waals surface area (Å²) in [5.41, 5.74) is -2.24. The Morgan fingerprint density at radius 2 is 1.03 bits per heavy atom. The van der Waals surface area contributed by atoms with Crippen LogP contribution in [0.5, 0.6) is 0 Å². The van der Waals surface area contributed by atoms with E-state index in [-0.39, 0.29) is 167 Å². The van der Waals surface area contributed by atoms with E-state index >= 15 is 0 Å². The van der Waals surface area contributed by atoms with Gasteiger partial charge < -0.3 is 24.4 Å². The molecule has 31 heavy (non-hydrogen) atoms. The number of unbranched alkanes of at least 4 members (excludes halogenated alkanes) is 10. The van der Waals surface area contributed by atoms with Crippen molar-refractivity contribution in [2.24, 2.45) is 5.41 Å². The van der Waals surface area contributed by atoms with E-state index in [1.54, 1.807) is 0 Å². The zero-order valence-corrected chi connectivity index (χ0v) is 30.4. The number of carboxylic acids is 2. The normalized spacial score (nSPS) is 12.1. The van der Waals surface area contributed by atoms with Crippen LogP contribution < -0.4 is 164 Å². The Morgan fingerprint density at radius 1 is 0.710 bits per heavy atom. The second-order valence-electron chi connectivity index (χ2n) is 7.67. The Labute approximate surface area is 316 Å². The third kappa shape index (κ3) is 17.8. The molecule has 166 valence electrons. The van der Waals surface area contributed by atoms with Crippen molar-refractivity contribution < 1.29 is 187 Å². The molecule has 0 N–H and O–H groups in total. The van der Waals surface area contributed by atoms with Crippen LogP contribution >= 0.6 is 0 Å². The van der Waals surface area contributed by atoms with Crippen LogP contribution in [0.25, 0.3) is 0 Å². The molecule has 0 aliphatic heterocycles. The molecule has 0 heterocycles. The van der Waals surface area contributed by atoms with Gasteiger partial charge in [0.2, 0.25) is 0 Å². The largest absolute Gasteiger partial charge is 1.00 e. The van der Waals surface area contributed by atoms with Gasteiger partial charge in [0.05, 0.1) is 11.2 Å². The van der Waals surface area contributed by atoms with Crippen molar-refractivity contribution >= 4 is 22.1 Å². The van der Waals surface area contributed by atoms with Crippen LogP contribution in [-0.2, 0) is 19.7 Å². The molecule has 11 heteroatoms. The average Bonchev–Trinajstić information content (AvgIpc) is 2.58. The molecule has 0 radical (unpaired) electrons. The number of carbonyl (C=O) groups is 2. The number of aliphatic carboxylic acids is 2. The molecule has 0 saturated carbocycles.